The first kappa shape index (κ1) is 12.8. The molecule has 0 N–H and O–H groups in total. The van der Waals surface area contributed by atoms with Crippen LogP contribution >= 0.6 is 0 Å². The summed E-state index contributed by atoms with van der Waals surface area (Å²) in [5.41, 5.74) is 2.17. The van der Waals surface area contributed by atoms with Crippen LogP contribution in [-0.4, -0.2) is 28.2 Å². The molecule has 0 aliphatic rings. The lowest BCUT2D eigenvalue weighted by Gasteiger charge is -2.14. The third-order valence-corrected chi connectivity index (χ3v) is 2.99. The Hall–Kier alpha value is -1.68. The molecule has 1 aromatic carbocycles. The first-order valence-electron chi connectivity index (χ1n) is 6.34. The minimum atomic E-state index is 0.598. The van der Waals surface area contributed by atoms with Gasteiger partial charge in [-0.15, -0.1) is 10.2 Å². The van der Waals surface area contributed by atoms with Gasteiger partial charge in [0.1, 0.15) is 0 Å². The normalized spacial score (nSPS) is 11.1. The quantitative estimate of drug-likeness (QED) is 0.812. The van der Waals surface area contributed by atoms with Gasteiger partial charge in [0, 0.05) is 5.56 Å². The SMILES string of the molecule is CCN(CC)Cc1nnc(-c2cccc(C)c2)o1. The molecule has 0 fully saturated rings. The van der Waals surface area contributed by atoms with Crippen LogP contribution in [0.5, 0.6) is 0 Å². The average Bonchev–Trinajstić information content (AvgIpc) is 2.84. The van der Waals surface area contributed by atoms with E-state index in [-0.39, 0.29) is 0 Å². The topological polar surface area (TPSA) is 42.2 Å². The summed E-state index contributed by atoms with van der Waals surface area (Å²) in [5.74, 6) is 1.27. The molecule has 0 aliphatic carbocycles. The van der Waals surface area contributed by atoms with Crippen molar-refractivity contribution >= 4 is 0 Å². The van der Waals surface area contributed by atoms with E-state index in [4.69, 9.17) is 4.42 Å². The van der Waals surface area contributed by atoms with Crippen molar-refractivity contribution < 1.29 is 4.42 Å². The molecule has 2 rings (SSSR count). The van der Waals surface area contributed by atoms with E-state index < -0.39 is 0 Å². The predicted molar refractivity (Wildman–Crippen MR) is 71.1 cm³/mol. The first-order valence-corrected chi connectivity index (χ1v) is 6.34. The van der Waals surface area contributed by atoms with E-state index in [1.165, 1.54) is 5.56 Å². The Morgan fingerprint density at radius 2 is 1.94 bits per heavy atom. The average molecular weight is 245 g/mol. The van der Waals surface area contributed by atoms with Crippen molar-refractivity contribution in [2.24, 2.45) is 0 Å². The standard InChI is InChI=1S/C14H19N3O/c1-4-17(5-2)10-13-15-16-14(18-13)12-8-6-7-11(3)9-12/h6-9H,4-5,10H2,1-3H3. The van der Waals surface area contributed by atoms with E-state index in [0.717, 1.165) is 18.7 Å². The van der Waals surface area contributed by atoms with Gasteiger partial charge in [-0.05, 0) is 32.1 Å². The van der Waals surface area contributed by atoms with Gasteiger partial charge in [-0.3, -0.25) is 4.90 Å². The molecule has 0 spiro atoms. The third kappa shape index (κ3) is 2.96. The van der Waals surface area contributed by atoms with Crippen molar-refractivity contribution in [3.05, 3.63) is 35.7 Å². The van der Waals surface area contributed by atoms with Crippen LogP contribution in [0.2, 0.25) is 0 Å². The lowest BCUT2D eigenvalue weighted by Crippen LogP contribution is -2.22. The second-order valence-corrected chi connectivity index (χ2v) is 4.33. The fourth-order valence-corrected chi connectivity index (χ4v) is 1.85. The summed E-state index contributed by atoms with van der Waals surface area (Å²) >= 11 is 0. The van der Waals surface area contributed by atoms with Gasteiger partial charge in [0.15, 0.2) is 0 Å². The zero-order valence-electron chi connectivity index (χ0n) is 11.2. The van der Waals surface area contributed by atoms with Crippen LogP contribution in [0, 0.1) is 6.92 Å². The Labute approximate surface area is 108 Å². The van der Waals surface area contributed by atoms with Gasteiger partial charge in [-0.1, -0.05) is 31.5 Å². The number of benzene rings is 1. The Balaban J connectivity index is 2.15. The maximum Gasteiger partial charge on any atom is 0.247 e. The van der Waals surface area contributed by atoms with Crippen LogP contribution in [0.25, 0.3) is 11.5 Å². The van der Waals surface area contributed by atoms with Crippen LogP contribution in [-0.2, 0) is 6.54 Å². The molecule has 18 heavy (non-hydrogen) atoms. The van der Waals surface area contributed by atoms with Crippen molar-refractivity contribution in [3.8, 4) is 11.5 Å². The molecule has 96 valence electrons. The van der Waals surface area contributed by atoms with Gasteiger partial charge in [0.2, 0.25) is 11.8 Å². The number of hydrogen-bond donors (Lipinski definition) is 0. The fraction of sp³-hybridized carbons (Fsp3) is 0.429. The van der Waals surface area contributed by atoms with Crippen molar-refractivity contribution in [2.75, 3.05) is 13.1 Å². The van der Waals surface area contributed by atoms with Crippen LogP contribution in [0.1, 0.15) is 25.3 Å². The second kappa shape index (κ2) is 5.78. The summed E-state index contributed by atoms with van der Waals surface area (Å²) in [4.78, 5) is 2.24. The van der Waals surface area contributed by atoms with Crippen LogP contribution in [0.15, 0.2) is 28.7 Å². The summed E-state index contributed by atoms with van der Waals surface area (Å²) < 4.78 is 5.69. The van der Waals surface area contributed by atoms with Gasteiger partial charge in [-0.25, -0.2) is 0 Å². The molecule has 0 radical (unpaired) electrons. The van der Waals surface area contributed by atoms with Crippen molar-refractivity contribution in [1.82, 2.24) is 15.1 Å². The molecule has 4 nitrogen and oxygen atoms in total. The molecular formula is C14H19N3O. The summed E-state index contributed by atoms with van der Waals surface area (Å²) in [6.07, 6.45) is 0. The van der Waals surface area contributed by atoms with E-state index in [1.807, 2.05) is 12.1 Å². The fourth-order valence-electron chi connectivity index (χ4n) is 1.85. The van der Waals surface area contributed by atoms with Crippen LogP contribution in [0.3, 0.4) is 0 Å². The number of nitrogens with zero attached hydrogens (tertiary/aromatic N) is 3. The Bertz CT molecular complexity index is 503. The maximum atomic E-state index is 5.69. The van der Waals surface area contributed by atoms with Crippen LogP contribution in [0.4, 0.5) is 0 Å². The zero-order chi connectivity index (χ0) is 13.0. The highest BCUT2D eigenvalue weighted by atomic mass is 16.4. The molecule has 0 unspecified atom stereocenters. The summed E-state index contributed by atoms with van der Waals surface area (Å²) in [7, 11) is 0. The van der Waals surface area contributed by atoms with Gasteiger partial charge < -0.3 is 4.42 Å². The highest BCUT2D eigenvalue weighted by Crippen LogP contribution is 2.19. The van der Waals surface area contributed by atoms with Gasteiger partial charge in [0.05, 0.1) is 6.54 Å². The molecule has 4 heteroatoms. The minimum Gasteiger partial charge on any atom is -0.419 e. The summed E-state index contributed by atoms with van der Waals surface area (Å²) in [6, 6.07) is 8.09. The highest BCUT2D eigenvalue weighted by molar-refractivity contribution is 5.53. The lowest BCUT2D eigenvalue weighted by molar-refractivity contribution is 0.264. The lowest BCUT2D eigenvalue weighted by atomic mass is 10.1. The minimum absolute atomic E-state index is 0.598. The van der Waals surface area contributed by atoms with E-state index in [9.17, 15) is 0 Å². The Morgan fingerprint density at radius 3 is 2.61 bits per heavy atom. The van der Waals surface area contributed by atoms with Crippen molar-refractivity contribution in [1.29, 1.82) is 0 Å². The van der Waals surface area contributed by atoms with E-state index in [1.54, 1.807) is 0 Å². The smallest absolute Gasteiger partial charge is 0.247 e. The van der Waals surface area contributed by atoms with E-state index in [2.05, 4.69) is 48.0 Å². The Morgan fingerprint density at radius 1 is 1.17 bits per heavy atom. The number of aromatic nitrogens is 2. The molecule has 2 aromatic rings. The van der Waals surface area contributed by atoms with Crippen molar-refractivity contribution in [2.45, 2.75) is 27.3 Å². The molecule has 0 saturated heterocycles. The zero-order valence-corrected chi connectivity index (χ0v) is 11.2. The second-order valence-electron chi connectivity index (χ2n) is 4.33. The maximum absolute atomic E-state index is 5.69. The Kier molecular flexibility index (Phi) is 4.10. The molecule has 0 bridgehead atoms. The molecular weight excluding hydrogens is 226 g/mol. The number of rotatable bonds is 5. The van der Waals surface area contributed by atoms with Gasteiger partial charge >= 0.3 is 0 Å². The molecule has 0 atom stereocenters. The molecule has 0 amide bonds. The third-order valence-electron chi connectivity index (χ3n) is 2.99. The molecule has 0 saturated carbocycles. The summed E-state index contributed by atoms with van der Waals surface area (Å²) in [5, 5.41) is 8.21. The molecule has 0 aliphatic heterocycles. The van der Waals surface area contributed by atoms with E-state index >= 15 is 0 Å². The molecule has 1 aromatic heterocycles. The van der Waals surface area contributed by atoms with Gasteiger partial charge in [0.25, 0.3) is 0 Å². The number of hydrogen-bond acceptors (Lipinski definition) is 4. The van der Waals surface area contributed by atoms with Gasteiger partial charge in [-0.2, -0.15) is 0 Å². The van der Waals surface area contributed by atoms with Crippen LogP contribution < -0.4 is 0 Å². The monoisotopic (exact) mass is 245 g/mol. The summed E-state index contributed by atoms with van der Waals surface area (Å²) in [6.45, 7) is 8.99. The largest absolute Gasteiger partial charge is 0.419 e. The number of aryl methyl sites for hydroxylation is 1. The van der Waals surface area contributed by atoms with Crippen molar-refractivity contribution in [3.63, 3.8) is 0 Å². The predicted octanol–water partition coefficient (Wildman–Crippen LogP) is 2.89. The molecule has 1 heterocycles. The highest BCUT2D eigenvalue weighted by Gasteiger charge is 2.10. The van der Waals surface area contributed by atoms with E-state index in [0.29, 0.717) is 18.3 Å². The first-order chi connectivity index (χ1) is 8.72.